The van der Waals surface area contributed by atoms with Gasteiger partial charge in [0.2, 0.25) is 0 Å². The highest BCUT2D eigenvalue weighted by Gasteiger charge is 2.07. The molecule has 1 aromatic heterocycles. The minimum Gasteiger partial charge on any atom is -0.382 e. The van der Waals surface area contributed by atoms with Crippen LogP contribution in [-0.2, 0) is 0 Å². The molecule has 0 aliphatic heterocycles. The van der Waals surface area contributed by atoms with Crippen LogP contribution in [0.3, 0.4) is 0 Å². The monoisotopic (exact) mass is 217 g/mol. The van der Waals surface area contributed by atoms with Crippen LogP contribution in [0.5, 0.6) is 0 Å². The molecule has 2 N–H and O–H groups in total. The number of anilines is 1. The van der Waals surface area contributed by atoms with E-state index < -0.39 is 0 Å². The molecule has 3 heteroatoms. The number of benzene rings is 1. The summed E-state index contributed by atoms with van der Waals surface area (Å²) in [6.45, 7) is 6.71. The standard InChI is InChI=1S/C13H19N3/c1-9(2)7-10(3)15-12-5-4-6-13-11(12)8-14-16-13/h4-6,8-10,15H,7H2,1-3H3,(H,14,16). The lowest BCUT2D eigenvalue weighted by Crippen LogP contribution is -2.17. The lowest BCUT2D eigenvalue weighted by molar-refractivity contribution is 0.540. The van der Waals surface area contributed by atoms with Crippen LogP contribution in [0.15, 0.2) is 24.4 Å². The van der Waals surface area contributed by atoms with Gasteiger partial charge in [0.05, 0.1) is 11.7 Å². The third kappa shape index (κ3) is 2.35. The van der Waals surface area contributed by atoms with Crippen molar-refractivity contribution in [1.29, 1.82) is 0 Å². The molecule has 0 bridgehead atoms. The molecule has 86 valence electrons. The predicted octanol–water partition coefficient (Wildman–Crippen LogP) is 3.41. The van der Waals surface area contributed by atoms with Crippen molar-refractivity contribution in [2.24, 2.45) is 5.92 Å². The minimum absolute atomic E-state index is 0.487. The van der Waals surface area contributed by atoms with Crippen molar-refractivity contribution in [3.05, 3.63) is 24.4 Å². The molecule has 1 aromatic carbocycles. The first-order valence-electron chi connectivity index (χ1n) is 5.85. The van der Waals surface area contributed by atoms with E-state index in [4.69, 9.17) is 0 Å². The van der Waals surface area contributed by atoms with E-state index in [9.17, 15) is 0 Å². The summed E-state index contributed by atoms with van der Waals surface area (Å²) in [6, 6.07) is 6.68. The van der Waals surface area contributed by atoms with Gasteiger partial charge in [-0.25, -0.2) is 0 Å². The summed E-state index contributed by atoms with van der Waals surface area (Å²) in [5.74, 6) is 0.714. The molecule has 2 aromatic rings. The fourth-order valence-corrected chi connectivity index (χ4v) is 2.13. The first-order valence-corrected chi connectivity index (χ1v) is 5.85. The predicted molar refractivity (Wildman–Crippen MR) is 68.6 cm³/mol. The molecule has 0 spiro atoms. The molecule has 0 radical (unpaired) electrons. The van der Waals surface area contributed by atoms with Crippen LogP contribution in [0.1, 0.15) is 27.2 Å². The van der Waals surface area contributed by atoms with Gasteiger partial charge in [0.15, 0.2) is 0 Å². The molecule has 0 saturated carbocycles. The van der Waals surface area contributed by atoms with Gasteiger partial charge in [0.25, 0.3) is 0 Å². The summed E-state index contributed by atoms with van der Waals surface area (Å²) in [4.78, 5) is 0. The maximum atomic E-state index is 4.07. The zero-order valence-corrected chi connectivity index (χ0v) is 10.1. The maximum absolute atomic E-state index is 4.07. The lowest BCUT2D eigenvalue weighted by atomic mass is 10.0. The first kappa shape index (κ1) is 11.0. The van der Waals surface area contributed by atoms with E-state index in [-0.39, 0.29) is 0 Å². The number of rotatable bonds is 4. The zero-order chi connectivity index (χ0) is 11.5. The average molecular weight is 217 g/mol. The fraction of sp³-hybridized carbons (Fsp3) is 0.462. The van der Waals surface area contributed by atoms with Gasteiger partial charge >= 0.3 is 0 Å². The molecular weight excluding hydrogens is 198 g/mol. The number of nitrogens with zero attached hydrogens (tertiary/aromatic N) is 1. The summed E-state index contributed by atoms with van der Waals surface area (Å²) in [5, 5.41) is 11.8. The van der Waals surface area contributed by atoms with Crippen LogP contribution in [0.2, 0.25) is 0 Å². The van der Waals surface area contributed by atoms with Crippen LogP contribution >= 0.6 is 0 Å². The third-order valence-corrected chi connectivity index (χ3v) is 2.71. The Morgan fingerprint density at radius 2 is 2.12 bits per heavy atom. The number of hydrogen-bond acceptors (Lipinski definition) is 2. The first-order chi connectivity index (χ1) is 7.66. The Bertz CT molecular complexity index is 459. The molecule has 0 fully saturated rings. The lowest BCUT2D eigenvalue weighted by Gasteiger charge is -2.17. The van der Waals surface area contributed by atoms with Crippen molar-refractivity contribution in [3.8, 4) is 0 Å². The van der Waals surface area contributed by atoms with Gasteiger partial charge in [-0.3, -0.25) is 5.10 Å². The highest BCUT2D eigenvalue weighted by Crippen LogP contribution is 2.22. The Balaban J connectivity index is 2.17. The van der Waals surface area contributed by atoms with Gasteiger partial charge in [-0.1, -0.05) is 19.9 Å². The van der Waals surface area contributed by atoms with Gasteiger partial charge in [0, 0.05) is 17.1 Å². The van der Waals surface area contributed by atoms with Gasteiger partial charge in [-0.2, -0.15) is 5.10 Å². The Morgan fingerprint density at radius 1 is 1.31 bits per heavy atom. The molecule has 2 rings (SSSR count). The molecular formula is C13H19N3. The zero-order valence-electron chi connectivity index (χ0n) is 10.1. The number of aromatic nitrogens is 2. The Kier molecular flexibility index (Phi) is 3.13. The molecule has 16 heavy (non-hydrogen) atoms. The van der Waals surface area contributed by atoms with Crippen molar-refractivity contribution in [1.82, 2.24) is 10.2 Å². The highest BCUT2D eigenvalue weighted by atomic mass is 15.1. The highest BCUT2D eigenvalue weighted by molar-refractivity contribution is 5.90. The van der Waals surface area contributed by atoms with Crippen LogP contribution in [0.25, 0.3) is 10.9 Å². The molecule has 0 saturated heterocycles. The van der Waals surface area contributed by atoms with Crippen LogP contribution in [0.4, 0.5) is 5.69 Å². The van der Waals surface area contributed by atoms with E-state index in [2.05, 4.69) is 42.4 Å². The second kappa shape index (κ2) is 4.56. The number of hydrogen-bond donors (Lipinski definition) is 2. The summed E-state index contributed by atoms with van der Waals surface area (Å²) >= 11 is 0. The second-order valence-corrected chi connectivity index (χ2v) is 4.81. The molecule has 0 amide bonds. The average Bonchev–Trinajstić information content (AvgIpc) is 2.65. The second-order valence-electron chi connectivity index (χ2n) is 4.81. The molecule has 0 aliphatic carbocycles. The molecule has 1 heterocycles. The van der Waals surface area contributed by atoms with Crippen LogP contribution in [0, 0.1) is 5.92 Å². The smallest absolute Gasteiger partial charge is 0.0671 e. The normalized spacial score (nSPS) is 13.2. The van der Waals surface area contributed by atoms with Crippen molar-refractivity contribution in [3.63, 3.8) is 0 Å². The van der Waals surface area contributed by atoms with E-state index >= 15 is 0 Å². The van der Waals surface area contributed by atoms with Gasteiger partial charge in [0.1, 0.15) is 0 Å². The van der Waals surface area contributed by atoms with E-state index in [0.717, 1.165) is 10.9 Å². The SMILES string of the molecule is CC(C)CC(C)Nc1cccc2[nH]ncc12. The fourth-order valence-electron chi connectivity index (χ4n) is 2.13. The van der Waals surface area contributed by atoms with Gasteiger partial charge in [-0.05, 0) is 31.4 Å². The van der Waals surface area contributed by atoms with Crippen molar-refractivity contribution >= 4 is 16.6 Å². The van der Waals surface area contributed by atoms with Gasteiger partial charge < -0.3 is 5.32 Å². The summed E-state index contributed by atoms with van der Waals surface area (Å²) in [6.07, 6.45) is 3.05. The quantitative estimate of drug-likeness (QED) is 0.824. The number of fused-ring (bicyclic) bond motifs is 1. The molecule has 0 aliphatic rings. The third-order valence-electron chi connectivity index (χ3n) is 2.71. The number of nitrogens with one attached hydrogen (secondary N) is 2. The summed E-state index contributed by atoms with van der Waals surface area (Å²) in [5.41, 5.74) is 2.25. The molecule has 3 nitrogen and oxygen atoms in total. The van der Waals surface area contributed by atoms with Crippen molar-refractivity contribution in [2.75, 3.05) is 5.32 Å². The van der Waals surface area contributed by atoms with E-state index in [1.54, 1.807) is 0 Å². The van der Waals surface area contributed by atoms with Crippen LogP contribution in [-0.4, -0.2) is 16.2 Å². The van der Waals surface area contributed by atoms with E-state index in [1.807, 2.05) is 18.3 Å². The van der Waals surface area contributed by atoms with Crippen molar-refractivity contribution < 1.29 is 0 Å². The Labute approximate surface area is 96.2 Å². The Hall–Kier alpha value is -1.51. The topological polar surface area (TPSA) is 40.7 Å². The summed E-state index contributed by atoms with van der Waals surface area (Å²) < 4.78 is 0. The largest absolute Gasteiger partial charge is 0.382 e. The van der Waals surface area contributed by atoms with E-state index in [1.165, 1.54) is 12.1 Å². The molecule has 1 atom stereocenters. The number of H-pyrrole nitrogens is 1. The van der Waals surface area contributed by atoms with Crippen LogP contribution < -0.4 is 5.32 Å². The minimum atomic E-state index is 0.487. The van der Waals surface area contributed by atoms with Crippen molar-refractivity contribution in [2.45, 2.75) is 33.2 Å². The maximum Gasteiger partial charge on any atom is 0.0671 e. The van der Waals surface area contributed by atoms with Gasteiger partial charge in [-0.15, -0.1) is 0 Å². The Morgan fingerprint density at radius 3 is 2.88 bits per heavy atom. The van der Waals surface area contributed by atoms with E-state index in [0.29, 0.717) is 12.0 Å². The summed E-state index contributed by atoms with van der Waals surface area (Å²) in [7, 11) is 0. The number of aromatic amines is 1. The molecule has 1 unspecified atom stereocenters.